The summed E-state index contributed by atoms with van der Waals surface area (Å²) in [5, 5.41) is 1.16. The van der Waals surface area contributed by atoms with Crippen molar-refractivity contribution in [1.82, 2.24) is 14.8 Å². The molecule has 0 saturated carbocycles. The van der Waals surface area contributed by atoms with Crippen molar-refractivity contribution in [1.29, 1.82) is 0 Å². The number of piperazine rings is 1. The van der Waals surface area contributed by atoms with E-state index >= 15 is 0 Å². The van der Waals surface area contributed by atoms with Crippen molar-refractivity contribution in [3.05, 3.63) is 112 Å². The first-order valence-electron chi connectivity index (χ1n) is 11.1. The zero-order valence-corrected chi connectivity index (χ0v) is 20.1. The topological polar surface area (TPSA) is 66.7 Å². The van der Waals surface area contributed by atoms with Gasteiger partial charge in [0.05, 0.1) is 12.2 Å². The largest absolute Gasteiger partial charge is 0.432 e. The summed E-state index contributed by atoms with van der Waals surface area (Å²) < 4.78 is 5.78. The number of benzene rings is 3. The summed E-state index contributed by atoms with van der Waals surface area (Å²) in [6, 6.07) is 23.2. The molecule has 176 valence electrons. The van der Waals surface area contributed by atoms with Gasteiger partial charge in [0.25, 0.3) is 11.8 Å². The Labute approximate surface area is 212 Å². The van der Waals surface area contributed by atoms with Gasteiger partial charge in [-0.1, -0.05) is 65.7 Å². The van der Waals surface area contributed by atoms with E-state index in [1.54, 1.807) is 52.4 Å². The highest BCUT2D eigenvalue weighted by atomic mass is 35.5. The van der Waals surface area contributed by atoms with Crippen LogP contribution in [0.15, 0.2) is 89.5 Å². The maximum Gasteiger partial charge on any atom is 0.309 e. The van der Waals surface area contributed by atoms with E-state index in [0.29, 0.717) is 41.0 Å². The maximum atomic E-state index is 13.4. The smallest absolute Gasteiger partial charge is 0.309 e. The Bertz CT molecular complexity index is 1340. The SMILES string of the molecule is O=C(c1ncc(-c2ccccc2)o1)N1CCN(C(=O)c2ccc(Cl)cc2)C(c2ccc(Cl)cc2)C1. The number of rotatable bonds is 4. The van der Waals surface area contributed by atoms with Gasteiger partial charge in [-0.05, 0) is 42.0 Å². The standard InChI is InChI=1S/C27H21Cl2N3O3/c28-21-10-6-18(7-11-21)23-17-31(14-15-32(23)26(33)20-8-12-22(29)13-9-20)27(34)25-30-16-24(35-25)19-4-2-1-3-5-19/h1-13,16,23H,14-15,17H2. The molecule has 1 fully saturated rings. The van der Waals surface area contributed by atoms with E-state index in [9.17, 15) is 9.59 Å². The molecule has 1 aliphatic rings. The van der Waals surface area contributed by atoms with Gasteiger partial charge in [0.15, 0.2) is 5.76 Å². The molecule has 1 aromatic heterocycles. The van der Waals surface area contributed by atoms with Crippen molar-refractivity contribution >= 4 is 35.0 Å². The number of aromatic nitrogens is 1. The second kappa shape index (κ2) is 9.94. The molecular weight excluding hydrogens is 485 g/mol. The molecule has 1 atom stereocenters. The van der Waals surface area contributed by atoms with Crippen LogP contribution in [0.2, 0.25) is 10.0 Å². The lowest BCUT2D eigenvalue weighted by Gasteiger charge is -2.41. The van der Waals surface area contributed by atoms with Crippen molar-refractivity contribution in [2.75, 3.05) is 19.6 Å². The lowest BCUT2D eigenvalue weighted by molar-refractivity contribution is 0.0365. The van der Waals surface area contributed by atoms with Crippen molar-refractivity contribution in [3.8, 4) is 11.3 Å². The van der Waals surface area contributed by atoms with Crippen LogP contribution in [0, 0.1) is 0 Å². The molecule has 2 heterocycles. The minimum absolute atomic E-state index is 0.0242. The summed E-state index contributed by atoms with van der Waals surface area (Å²) in [6.45, 7) is 1.00. The van der Waals surface area contributed by atoms with E-state index < -0.39 is 0 Å². The van der Waals surface area contributed by atoms with Crippen molar-refractivity contribution in [2.24, 2.45) is 0 Å². The lowest BCUT2D eigenvalue weighted by Crippen LogP contribution is -2.52. The van der Waals surface area contributed by atoms with Gasteiger partial charge in [-0.25, -0.2) is 4.98 Å². The quantitative estimate of drug-likeness (QED) is 0.341. The highest BCUT2D eigenvalue weighted by Gasteiger charge is 2.35. The molecule has 2 amide bonds. The van der Waals surface area contributed by atoms with Crippen LogP contribution in [0.5, 0.6) is 0 Å². The number of nitrogens with zero attached hydrogens (tertiary/aromatic N) is 3. The van der Waals surface area contributed by atoms with E-state index in [4.69, 9.17) is 27.6 Å². The Balaban J connectivity index is 1.40. The lowest BCUT2D eigenvalue weighted by atomic mass is 10.0. The van der Waals surface area contributed by atoms with Gasteiger partial charge in [0.1, 0.15) is 0 Å². The first kappa shape index (κ1) is 23.1. The Morgan fingerprint density at radius 1 is 0.829 bits per heavy atom. The molecule has 1 unspecified atom stereocenters. The van der Waals surface area contributed by atoms with E-state index in [0.717, 1.165) is 11.1 Å². The van der Waals surface area contributed by atoms with Gasteiger partial charge >= 0.3 is 5.91 Å². The Hall–Kier alpha value is -3.61. The predicted octanol–water partition coefficient (Wildman–Crippen LogP) is 5.99. The van der Waals surface area contributed by atoms with Crippen LogP contribution in [0.1, 0.15) is 32.6 Å². The molecule has 8 heteroatoms. The molecule has 35 heavy (non-hydrogen) atoms. The van der Waals surface area contributed by atoms with E-state index in [1.807, 2.05) is 42.5 Å². The van der Waals surface area contributed by atoms with Gasteiger partial charge in [-0.3, -0.25) is 9.59 Å². The third-order valence-corrected chi connectivity index (χ3v) is 6.53. The second-order valence-electron chi connectivity index (χ2n) is 8.22. The first-order chi connectivity index (χ1) is 17.0. The third-order valence-electron chi connectivity index (χ3n) is 6.02. The van der Waals surface area contributed by atoms with Crippen molar-refractivity contribution < 1.29 is 14.0 Å². The molecule has 0 spiro atoms. The monoisotopic (exact) mass is 505 g/mol. The van der Waals surface area contributed by atoms with Gasteiger partial charge in [0, 0.05) is 40.8 Å². The number of carbonyl (C=O) groups is 2. The van der Waals surface area contributed by atoms with Gasteiger partial charge in [-0.2, -0.15) is 0 Å². The minimum atomic E-state index is -0.364. The van der Waals surface area contributed by atoms with Gasteiger partial charge in [-0.15, -0.1) is 0 Å². The summed E-state index contributed by atoms with van der Waals surface area (Å²) >= 11 is 12.1. The molecule has 1 saturated heterocycles. The summed E-state index contributed by atoms with van der Waals surface area (Å²) in [4.78, 5) is 34.4. The Kier molecular flexibility index (Phi) is 6.57. The van der Waals surface area contributed by atoms with E-state index in [1.165, 1.54) is 0 Å². The van der Waals surface area contributed by atoms with Crippen LogP contribution >= 0.6 is 23.2 Å². The first-order valence-corrected chi connectivity index (χ1v) is 11.9. The maximum absolute atomic E-state index is 13.4. The second-order valence-corrected chi connectivity index (χ2v) is 9.09. The number of hydrogen-bond acceptors (Lipinski definition) is 4. The van der Waals surface area contributed by atoms with Crippen molar-refractivity contribution in [3.63, 3.8) is 0 Å². The minimum Gasteiger partial charge on any atom is -0.432 e. The zero-order chi connectivity index (χ0) is 24.4. The van der Waals surface area contributed by atoms with Crippen LogP contribution < -0.4 is 0 Å². The average molecular weight is 506 g/mol. The molecule has 0 radical (unpaired) electrons. The van der Waals surface area contributed by atoms with Crippen LogP contribution in [-0.4, -0.2) is 46.2 Å². The number of carbonyl (C=O) groups excluding carboxylic acids is 2. The van der Waals surface area contributed by atoms with Crippen LogP contribution in [0.3, 0.4) is 0 Å². The van der Waals surface area contributed by atoms with E-state index in [-0.39, 0.29) is 23.7 Å². The normalized spacial score (nSPS) is 15.8. The highest BCUT2D eigenvalue weighted by molar-refractivity contribution is 6.30. The summed E-state index contributed by atoms with van der Waals surface area (Å²) in [7, 11) is 0. The fraction of sp³-hybridized carbons (Fsp3) is 0.148. The average Bonchev–Trinajstić information content (AvgIpc) is 3.39. The summed E-state index contributed by atoms with van der Waals surface area (Å²) in [6.07, 6.45) is 1.56. The Morgan fingerprint density at radius 2 is 1.49 bits per heavy atom. The fourth-order valence-electron chi connectivity index (χ4n) is 4.18. The molecular formula is C27H21Cl2N3O3. The predicted molar refractivity (Wildman–Crippen MR) is 135 cm³/mol. The van der Waals surface area contributed by atoms with Crippen molar-refractivity contribution in [2.45, 2.75) is 6.04 Å². The molecule has 5 rings (SSSR count). The molecule has 0 bridgehead atoms. The fourth-order valence-corrected chi connectivity index (χ4v) is 4.44. The zero-order valence-electron chi connectivity index (χ0n) is 18.6. The van der Waals surface area contributed by atoms with E-state index in [2.05, 4.69) is 4.98 Å². The Morgan fingerprint density at radius 3 is 2.17 bits per heavy atom. The molecule has 4 aromatic rings. The third kappa shape index (κ3) is 4.94. The number of amides is 2. The number of halogens is 2. The summed E-state index contributed by atoms with van der Waals surface area (Å²) in [5.41, 5.74) is 2.26. The molecule has 6 nitrogen and oxygen atoms in total. The molecule has 0 aliphatic carbocycles. The van der Waals surface area contributed by atoms with Crippen LogP contribution in [0.4, 0.5) is 0 Å². The number of oxazole rings is 1. The van der Waals surface area contributed by atoms with Crippen LogP contribution in [-0.2, 0) is 0 Å². The van der Waals surface area contributed by atoms with Crippen LogP contribution in [0.25, 0.3) is 11.3 Å². The number of hydrogen-bond donors (Lipinski definition) is 0. The van der Waals surface area contributed by atoms with Gasteiger partial charge in [0.2, 0.25) is 0 Å². The molecule has 1 aliphatic heterocycles. The highest BCUT2D eigenvalue weighted by Crippen LogP contribution is 2.30. The summed E-state index contributed by atoms with van der Waals surface area (Å²) in [5.74, 6) is 0.108. The van der Waals surface area contributed by atoms with Gasteiger partial charge < -0.3 is 14.2 Å². The molecule has 3 aromatic carbocycles. The molecule has 0 N–H and O–H groups in total.